The van der Waals surface area contributed by atoms with E-state index >= 15 is 0 Å². The van der Waals surface area contributed by atoms with Crippen molar-refractivity contribution >= 4 is 22.7 Å². The van der Waals surface area contributed by atoms with E-state index in [0.29, 0.717) is 0 Å². The Morgan fingerprint density at radius 1 is 1.11 bits per heavy atom. The molecular weight excluding hydrogens is 342 g/mol. The number of hydrogen-bond acceptors (Lipinski definition) is 4. The van der Waals surface area contributed by atoms with Crippen LogP contribution in [-0.2, 0) is 0 Å². The van der Waals surface area contributed by atoms with Crippen molar-refractivity contribution in [2.24, 2.45) is 5.73 Å². The Morgan fingerprint density at radius 3 is 2.78 bits per heavy atom. The Kier molecular flexibility index (Phi) is 4.00. The molecule has 2 saturated heterocycles. The Hall–Kier alpha value is -2.61. The fraction of sp³-hybridized carbons (Fsp3) is 0.526. The fourth-order valence-corrected chi connectivity index (χ4v) is 4.44. The first-order chi connectivity index (χ1) is 13.2. The van der Waals surface area contributed by atoms with Gasteiger partial charge >= 0.3 is 6.03 Å². The van der Waals surface area contributed by atoms with Crippen molar-refractivity contribution in [3.05, 3.63) is 30.5 Å². The standard InChI is InChI=1S/C19H25N7O/c20-14-4-8-24(9-5-14)19(27)25-7-1-2-13(12-25)18-23-11-15-10-22-17-16(26(15)18)3-6-21-17/h3,6,10-11,13-14,21H,1-2,4-5,7-9,12,20H2/t13-/m1/s1. The first-order valence-electron chi connectivity index (χ1n) is 9.79. The molecule has 0 unspecified atom stereocenters. The van der Waals surface area contributed by atoms with Crippen LogP contribution in [0, 0.1) is 0 Å². The average molecular weight is 367 g/mol. The van der Waals surface area contributed by atoms with Crippen LogP contribution < -0.4 is 5.73 Å². The molecule has 2 fully saturated rings. The lowest BCUT2D eigenvalue weighted by molar-refractivity contribution is 0.127. The molecule has 0 aromatic carbocycles. The van der Waals surface area contributed by atoms with E-state index in [1.165, 1.54) is 0 Å². The Morgan fingerprint density at radius 2 is 1.93 bits per heavy atom. The molecule has 3 aromatic rings. The van der Waals surface area contributed by atoms with E-state index in [4.69, 9.17) is 10.7 Å². The number of hydrogen-bond donors (Lipinski definition) is 2. The summed E-state index contributed by atoms with van der Waals surface area (Å²) in [7, 11) is 0. The minimum absolute atomic E-state index is 0.154. The first kappa shape index (κ1) is 16.6. The van der Waals surface area contributed by atoms with Gasteiger partial charge in [0.2, 0.25) is 0 Å². The third-order valence-corrected chi connectivity index (χ3v) is 5.95. The second-order valence-electron chi connectivity index (χ2n) is 7.74. The molecule has 142 valence electrons. The zero-order valence-electron chi connectivity index (χ0n) is 15.3. The highest BCUT2D eigenvalue weighted by atomic mass is 16.2. The highest BCUT2D eigenvalue weighted by molar-refractivity contribution is 5.76. The summed E-state index contributed by atoms with van der Waals surface area (Å²) in [5, 5.41) is 0. The third kappa shape index (κ3) is 2.84. The van der Waals surface area contributed by atoms with Crippen molar-refractivity contribution in [2.75, 3.05) is 26.2 Å². The number of nitrogens with zero attached hydrogens (tertiary/aromatic N) is 5. The van der Waals surface area contributed by atoms with Gasteiger partial charge in [-0.1, -0.05) is 0 Å². The lowest BCUT2D eigenvalue weighted by Crippen LogP contribution is -2.51. The van der Waals surface area contributed by atoms with Gasteiger partial charge in [-0.15, -0.1) is 0 Å². The molecule has 2 aliphatic heterocycles. The number of piperidine rings is 2. The van der Waals surface area contributed by atoms with Crippen LogP contribution in [0.15, 0.2) is 24.7 Å². The molecule has 3 aromatic heterocycles. The zero-order valence-corrected chi connectivity index (χ0v) is 15.3. The maximum Gasteiger partial charge on any atom is 0.320 e. The average Bonchev–Trinajstić information content (AvgIpc) is 3.34. The second-order valence-corrected chi connectivity index (χ2v) is 7.74. The van der Waals surface area contributed by atoms with Gasteiger partial charge in [0.1, 0.15) is 5.82 Å². The largest absolute Gasteiger partial charge is 0.345 e. The Labute approximate surface area is 157 Å². The SMILES string of the molecule is NC1CCN(C(=O)N2CCC[C@@H](c3ncc4cnc5[nH]ccc5n34)C2)CC1. The molecule has 2 aliphatic rings. The van der Waals surface area contributed by atoms with E-state index in [0.717, 1.165) is 74.4 Å². The van der Waals surface area contributed by atoms with E-state index in [2.05, 4.69) is 14.4 Å². The molecule has 5 rings (SSSR count). The molecule has 8 nitrogen and oxygen atoms in total. The van der Waals surface area contributed by atoms with Crippen molar-refractivity contribution in [1.29, 1.82) is 0 Å². The van der Waals surface area contributed by atoms with E-state index in [1.54, 1.807) is 0 Å². The number of fused-ring (bicyclic) bond motifs is 3. The first-order valence-corrected chi connectivity index (χ1v) is 9.79. The van der Waals surface area contributed by atoms with Gasteiger partial charge in [0.15, 0.2) is 5.65 Å². The number of urea groups is 1. The van der Waals surface area contributed by atoms with Crippen molar-refractivity contribution in [2.45, 2.75) is 37.6 Å². The van der Waals surface area contributed by atoms with E-state index in [9.17, 15) is 4.79 Å². The summed E-state index contributed by atoms with van der Waals surface area (Å²) in [6, 6.07) is 2.42. The van der Waals surface area contributed by atoms with Crippen LogP contribution in [0.1, 0.15) is 37.4 Å². The predicted molar refractivity (Wildman–Crippen MR) is 103 cm³/mol. The summed E-state index contributed by atoms with van der Waals surface area (Å²) in [5.74, 6) is 1.26. The summed E-state index contributed by atoms with van der Waals surface area (Å²) in [5.41, 5.74) is 8.86. The van der Waals surface area contributed by atoms with Crippen LogP contribution in [0.25, 0.3) is 16.7 Å². The summed E-state index contributed by atoms with van der Waals surface area (Å²) in [4.78, 5) is 29.3. The maximum absolute atomic E-state index is 13.0. The lowest BCUT2D eigenvalue weighted by Gasteiger charge is -2.38. The number of carbonyl (C=O) groups is 1. The molecule has 0 spiro atoms. The lowest BCUT2D eigenvalue weighted by atomic mass is 9.97. The number of H-pyrrole nitrogens is 1. The van der Waals surface area contributed by atoms with Gasteiger partial charge < -0.3 is 20.5 Å². The van der Waals surface area contributed by atoms with Crippen molar-refractivity contribution in [1.82, 2.24) is 29.2 Å². The molecule has 0 radical (unpaired) electrons. The number of imidazole rings is 1. The highest BCUT2D eigenvalue weighted by Crippen LogP contribution is 2.29. The van der Waals surface area contributed by atoms with Crippen molar-refractivity contribution < 1.29 is 4.79 Å². The number of amides is 2. The summed E-state index contributed by atoms with van der Waals surface area (Å²) in [6.07, 6.45) is 9.46. The number of nitrogens with one attached hydrogen (secondary N) is 1. The quantitative estimate of drug-likeness (QED) is 0.687. The summed E-state index contributed by atoms with van der Waals surface area (Å²) < 4.78 is 2.18. The number of likely N-dealkylation sites (tertiary alicyclic amines) is 2. The third-order valence-electron chi connectivity index (χ3n) is 5.95. The molecule has 5 heterocycles. The number of aromatic amines is 1. The van der Waals surface area contributed by atoms with Crippen LogP contribution >= 0.6 is 0 Å². The van der Waals surface area contributed by atoms with Crippen LogP contribution in [-0.4, -0.2) is 67.4 Å². The molecule has 8 heteroatoms. The maximum atomic E-state index is 13.0. The minimum Gasteiger partial charge on any atom is -0.345 e. The van der Waals surface area contributed by atoms with Gasteiger partial charge in [-0.3, -0.25) is 4.40 Å². The fourth-order valence-electron chi connectivity index (χ4n) is 4.44. The Balaban J connectivity index is 1.40. The number of carbonyl (C=O) groups excluding carboxylic acids is 1. The van der Waals surface area contributed by atoms with Crippen LogP contribution in [0.3, 0.4) is 0 Å². The molecule has 3 N–H and O–H groups in total. The smallest absolute Gasteiger partial charge is 0.320 e. The number of nitrogens with two attached hydrogens (primary N) is 1. The molecule has 1 atom stereocenters. The van der Waals surface area contributed by atoms with Gasteiger partial charge in [0.25, 0.3) is 0 Å². The Bertz CT molecular complexity index is 969. The van der Waals surface area contributed by atoms with E-state index in [1.807, 2.05) is 34.5 Å². The molecule has 2 amide bonds. The zero-order chi connectivity index (χ0) is 18.4. The molecule has 0 saturated carbocycles. The summed E-state index contributed by atoms with van der Waals surface area (Å²) in [6.45, 7) is 3.07. The van der Waals surface area contributed by atoms with Crippen LogP contribution in [0.4, 0.5) is 4.79 Å². The molecule has 0 aliphatic carbocycles. The van der Waals surface area contributed by atoms with Crippen LogP contribution in [0.2, 0.25) is 0 Å². The van der Waals surface area contributed by atoms with Gasteiger partial charge in [-0.25, -0.2) is 14.8 Å². The molecule has 27 heavy (non-hydrogen) atoms. The monoisotopic (exact) mass is 367 g/mol. The topological polar surface area (TPSA) is 95.5 Å². The van der Waals surface area contributed by atoms with Gasteiger partial charge in [0.05, 0.1) is 23.4 Å². The number of aromatic nitrogens is 4. The normalized spacial score (nSPS) is 22.0. The predicted octanol–water partition coefficient (Wildman–Crippen LogP) is 1.93. The molecule has 0 bridgehead atoms. The minimum atomic E-state index is 0.154. The highest BCUT2D eigenvalue weighted by Gasteiger charge is 2.31. The van der Waals surface area contributed by atoms with Crippen molar-refractivity contribution in [3.63, 3.8) is 0 Å². The van der Waals surface area contributed by atoms with E-state index < -0.39 is 0 Å². The van der Waals surface area contributed by atoms with Crippen LogP contribution in [0.5, 0.6) is 0 Å². The van der Waals surface area contributed by atoms with E-state index in [-0.39, 0.29) is 18.0 Å². The van der Waals surface area contributed by atoms with Gasteiger partial charge in [0, 0.05) is 44.3 Å². The number of rotatable bonds is 1. The van der Waals surface area contributed by atoms with Gasteiger partial charge in [-0.05, 0) is 31.7 Å². The second kappa shape index (κ2) is 6.53. The van der Waals surface area contributed by atoms with Crippen molar-refractivity contribution in [3.8, 4) is 0 Å². The van der Waals surface area contributed by atoms with Gasteiger partial charge in [-0.2, -0.15) is 0 Å². The molecular formula is C19H25N7O. The summed E-state index contributed by atoms with van der Waals surface area (Å²) >= 11 is 0.